The van der Waals surface area contributed by atoms with E-state index in [1.54, 1.807) is 7.11 Å². The predicted molar refractivity (Wildman–Crippen MR) is 24.6 cm³/mol. The van der Waals surface area contributed by atoms with E-state index in [0.29, 0.717) is 6.61 Å². The lowest BCUT2D eigenvalue weighted by atomic mass is 10.9. The Morgan fingerprint density at radius 2 is 2.00 bits per heavy atom. The van der Waals surface area contributed by atoms with E-state index in [0.717, 1.165) is 0 Å². The summed E-state index contributed by atoms with van der Waals surface area (Å²) in [6.45, 7) is 2.60. The van der Waals surface area contributed by atoms with Crippen LogP contribution in [0.3, 0.4) is 0 Å². The highest BCUT2D eigenvalue weighted by Crippen LogP contribution is 1.74. The topological polar surface area (TPSA) is 27.7 Å². The smallest absolute Gasteiger partial charge is 0.180 e. The molecule has 7 heavy (non-hydrogen) atoms. The maximum absolute atomic E-state index is 4.50. The molecule has 0 saturated carbocycles. The van der Waals surface area contributed by atoms with Gasteiger partial charge < -0.3 is 4.74 Å². The molecular formula is C4H10O3. The molecule has 0 bridgehead atoms. The molecule has 0 spiro atoms. The van der Waals surface area contributed by atoms with Crippen molar-refractivity contribution in [3.05, 3.63) is 0 Å². The van der Waals surface area contributed by atoms with Gasteiger partial charge in [0, 0.05) is 7.11 Å². The lowest BCUT2D eigenvalue weighted by molar-refractivity contribution is -0.329. The fourth-order valence-corrected chi connectivity index (χ4v) is 0.165. The fraction of sp³-hybridized carbons (Fsp3) is 1.00. The molecule has 0 rings (SSSR count). The van der Waals surface area contributed by atoms with Crippen LogP contribution in [0.15, 0.2) is 0 Å². The highest BCUT2D eigenvalue weighted by molar-refractivity contribution is 3.93. The van der Waals surface area contributed by atoms with Crippen molar-refractivity contribution in [2.75, 3.05) is 20.5 Å². The number of methoxy groups -OCH3 is 1. The minimum absolute atomic E-state index is 0.202. The summed E-state index contributed by atoms with van der Waals surface area (Å²) in [5.41, 5.74) is 0. The van der Waals surface area contributed by atoms with E-state index in [4.69, 9.17) is 0 Å². The highest BCUT2D eigenvalue weighted by atomic mass is 17.2. The minimum Gasteiger partial charge on any atom is -0.355 e. The lowest BCUT2D eigenvalue weighted by Crippen LogP contribution is -1.96. The third kappa shape index (κ3) is 5.88. The first-order valence-electron chi connectivity index (χ1n) is 2.15. The summed E-state index contributed by atoms with van der Waals surface area (Å²) in [7, 11) is 1.54. The standard InChI is InChI=1S/C4H10O3/c1-3-6-7-4-5-2/h3-4H2,1-2H3. The normalized spacial score (nSPS) is 9.43. The second-order valence-electron chi connectivity index (χ2n) is 0.931. The fourth-order valence-electron chi connectivity index (χ4n) is 0.165. The van der Waals surface area contributed by atoms with Crippen LogP contribution in [0.4, 0.5) is 0 Å². The molecule has 0 atom stereocenters. The molecule has 44 valence electrons. The Hall–Kier alpha value is -0.120. The van der Waals surface area contributed by atoms with Crippen LogP contribution in [-0.4, -0.2) is 20.5 Å². The molecule has 0 aliphatic rings. The molecule has 0 aromatic rings. The molecule has 0 radical (unpaired) electrons. The zero-order valence-electron chi connectivity index (χ0n) is 4.64. The van der Waals surface area contributed by atoms with E-state index < -0.39 is 0 Å². The van der Waals surface area contributed by atoms with E-state index in [1.807, 2.05) is 6.92 Å². The molecule has 3 nitrogen and oxygen atoms in total. The zero-order valence-corrected chi connectivity index (χ0v) is 4.64. The Labute approximate surface area is 43.1 Å². The first-order chi connectivity index (χ1) is 3.41. The summed E-state index contributed by atoms with van der Waals surface area (Å²) < 4.78 is 4.50. The molecule has 0 aromatic heterocycles. The van der Waals surface area contributed by atoms with Gasteiger partial charge in [-0.3, -0.25) is 0 Å². The third-order valence-corrected chi connectivity index (χ3v) is 0.367. The van der Waals surface area contributed by atoms with Crippen molar-refractivity contribution in [3.63, 3.8) is 0 Å². The summed E-state index contributed by atoms with van der Waals surface area (Å²) >= 11 is 0. The molecule has 3 heteroatoms. The van der Waals surface area contributed by atoms with Crippen molar-refractivity contribution in [3.8, 4) is 0 Å². The minimum atomic E-state index is 0.202. The molecule has 0 fully saturated rings. The summed E-state index contributed by atoms with van der Waals surface area (Å²) in [6.07, 6.45) is 0. The molecule has 0 unspecified atom stereocenters. The SMILES string of the molecule is CCOOCOC. The van der Waals surface area contributed by atoms with Gasteiger partial charge in [0.15, 0.2) is 6.79 Å². The van der Waals surface area contributed by atoms with E-state index >= 15 is 0 Å². The number of rotatable bonds is 4. The Morgan fingerprint density at radius 3 is 2.43 bits per heavy atom. The highest BCUT2D eigenvalue weighted by Gasteiger charge is 1.77. The Bertz CT molecular complexity index is 26.1. The van der Waals surface area contributed by atoms with Crippen LogP contribution in [-0.2, 0) is 14.5 Å². The summed E-state index contributed by atoms with van der Waals surface area (Å²) in [5, 5.41) is 0. The summed E-state index contributed by atoms with van der Waals surface area (Å²) in [6, 6.07) is 0. The van der Waals surface area contributed by atoms with Gasteiger partial charge in [-0.25, -0.2) is 9.78 Å². The predicted octanol–water partition coefficient (Wildman–Crippen LogP) is 0.558. The van der Waals surface area contributed by atoms with Gasteiger partial charge in [0.1, 0.15) is 0 Å². The monoisotopic (exact) mass is 106 g/mol. The van der Waals surface area contributed by atoms with E-state index in [2.05, 4.69) is 14.5 Å². The van der Waals surface area contributed by atoms with Gasteiger partial charge >= 0.3 is 0 Å². The average molecular weight is 106 g/mol. The van der Waals surface area contributed by atoms with Gasteiger partial charge in [-0.05, 0) is 6.92 Å². The van der Waals surface area contributed by atoms with Crippen molar-refractivity contribution in [2.45, 2.75) is 6.92 Å². The van der Waals surface area contributed by atoms with Crippen molar-refractivity contribution in [1.82, 2.24) is 0 Å². The molecule has 0 aromatic carbocycles. The van der Waals surface area contributed by atoms with E-state index in [-0.39, 0.29) is 6.79 Å². The van der Waals surface area contributed by atoms with Crippen molar-refractivity contribution in [2.24, 2.45) is 0 Å². The largest absolute Gasteiger partial charge is 0.355 e. The van der Waals surface area contributed by atoms with Gasteiger partial charge in [-0.2, -0.15) is 0 Å². The maximum Gasteiger partial charge on any atom is 0.180 e. The van der Waals surface area contributed by atoms with Crippen molar-refractivity contribution >= 4 is 0 Å². The van der Waals surface area contributed by atoms with Crippen LogP contribution in [0.5, 0.6) is 0 Å². The Kier molecular flexibility index (Phi) is 5.78. The lowest BCUT2D eigenvalue weighted by Gasteiger charge is -1.96. The maximum atomic E-state index is 4.50. The van der Waals surface area contributed by atoms with Gasteiger partial charge in [0.25, 0.3) is 0 Å². The summed E-state index contributed by atoms with van der Waals surface area (Å²) in [5.74, 6) is 0. The third-order valence-electron chi connectivity index (χ3n) is 0.367. The van der Waals surface area contributed by atoms with E-state index in [9.17, 15) is 0 Å². The zero-order chi connectivity index (χ0) is 5.54. The van der Waals surface area contributed by atoms with Gasteiger partial charge in [-0.1, -0.05) is 0 Å². The van der Waals surface area contributed by atoms with Crippen LogP contribution in [0.2, 0.25) is 0 Å². The first-order valence-corrected chi connectivity index (χ1v) is 2.15. The number of hydrogen-bond acceptors (Lipinski definition) is 3. The number of hydrogen-bond donors (Lipinski definition) is 0. The van der Waals surface area contributed by atoms with Crippen LogP contribution >= 0.6 is 0 Å². The molecule has 0 N–H and O–H groups in total. The Morgan fingerprint density at radius 1 is 1.29 bits per heavy atom. The first kappa shape index (κ1) is 6.88. The van der Waals surface area contributed by atoms with E-state index in [1.165, 1.54) is 0 Å². The van der Waals surface area contributed by atoms with Crippen LogP contribution in [0.1, 0.15) is 6.92 Å². The van der Waals surface area contributed by atoms with Crippen LogP contribution in [0, 0.1) is 0 Å². The Balaban J connectivity index is 2.45. The average Bonchev–Trinajstić information content (AvgIpc) is 1.69. The van der Waals surface area contributed by atoms with Gasteiger partial charge in [0.2, 0.25) is 0 Å². The van der Waals surface area contributed by atoms with Crippen molar-refractivity contribution < 1.29 is 14.5 Å². The van der Waals surface area contributed by atoms with Crippen molar-refractivity contribution in [1.29, 1.82) is 0 Å². The van der Waals surface area contributed by atoms with Crippen LogP contribution < -0.4 is 0 Å². The second kappa shape index (κ2) is 5.88. The second-order valence-corrected chi connectivity index (χ2v) is 0.931. The van der Waals surface area contributed by atoms with Gasteiger partial charge in [0.05, 0.1) is 6.61 Å². The van der Waals surface area contributed by atoms with Gasteiger partial charge in [-0.15, -0.1) is 0 Å². The molecule has 0 amide bonds. The summed E-state index contributed by atoms with van der Waals surface area (Å²) in [4.78, 5) is 8.86. The molecule has 0 saturated heterocycles. The van der Waals surface area contributed by atoms with Crippen LogP contribution in [0.25, 0.3) is 0 Å². The molecular weight excluding hydrogens is 96.0 g/mol. The molecule has 0 aliphatic carbocycles. The number of ether oxygens (including phenoxy) is 1. The molecule has 0 heterocycles. The quantitative estimate of drug-likeness (QED) is 0.227. The molecule has 0 aliphatic heterocycles.